The second-order valence-electron chi connectivity index (χ2n) is 4.57. The molecule has 0 atom stereocenters. The van der Waals surface area contributed by atoms with Crippen LogP contribution in [0.15, 0.2) is 54.9 Å². The van der Waals surface area contributed by atoms with Gasteiger partial charge < -0.3 is 4.74 Å². The van der Waals surface area contributed by atoms with Crippen molar-refractivity contribution >= 4 is 34.3 Å². The van der Waals surface area contributed by atoms with Gasteiger partial charge in [-0.3, -0.25) is 10.3 Å². The summed E-state index contributed by atoms with van der Waals surface area (Å²) in [6, 6.07) is 12.8. The Morgan fingerprint density at radius 3 is 2.86 bits per heavy atom. The summed E-state index contributed by atoms with van der Waals surface area (Å²) in [5.74, 6) is 0. The molecule has 1 N–H and O–H groups in total. The van der Waals surface area contributed by atoms with Gasteiger partial charge in [0.05, 0.1) is 17.4 Å². The van der Waals surface area contributed by atoms with Crippen molar-refractivity contribution in [2.24, 2.45) is 0 Å². The predicted molar refractivity (Wildman–Crippen MR) is 84.8 cm³/mol. The highest BCUT2D eigenvalue weighted by Gasteiger charge is 2.09. The second kappa shape index (κ2) is 6.41. The van der Waals surface area contributed by atoms with Crippen molar-refractivity contribution in [3.8, 4) is 0 Å². The van der Waals surface area contributed by atoms with E-state index in [4.69, 9.17) is 16.3 Å². The molecule has 1 amide bonds. The van der Waals surface area contributed by atoms with Gasteiger partial charge in [0.25, 0.3) is 0 Å². The van der Waals surface area contributed by atoms with E-state index in [1.165, 1.54) is 0 Å². The first-order valence-corrected chi connectivity index (χ1v) is 6.98. The van der Waals surface area contributed by atoms with E-state index in [2.05, 4.69) is 15.3 Å². The van der Waals surface area contributed by atoms with Crippen LogP contribution in [0.5, 0.6) is 0 Å². The van der Waals surface area contributed by atoms with Crippen LogP contribution in [0.1, 0.15) is 5.56 Å². The molecule has 0 radical (unpaired) electrons. The smallest absolute Gasteiger partial charge is 0.411 e. The summed E-state index contributed by atoms with van der Waals surface area (Å²) < 4.78 is 5.19. The standard InChI is InChI=1S/C16H12ClN3O2/c17-15-8-13(12-6-7-18-9-14(12)19-15)20-16(21)22-10-11-4-2-1-3-5-11/h1-9H,10H2,(H,19,20,21). The number of hydrogen-bond donors (Lipinski definition) is 1. The van der Waals surface area contributed by atoms with E-state index >= 15 is 0 Å². The quantitative estimate of drug-likeness (QED) is 0.741. The maximum Gasteiger partial charge on any atom is 0.411 e. The normalized spacial score (nSPS) is 10.4. The average Bonchev–Trinajstić information content (AvgIpc) is 2.54. The fourth-order valence-corrected chi connectivity index (χ4v) is 2.22. The van der Waals surface area contributed by atoms with Gasteiger partial charge in [-0.2, -0.15) is 0 Å². The third kappa shape index (κ3) is 3.32. The molecule has 2 heterocycles. The number of nitrogens with zero attached hydrogens (tertiary/aromatic N) is 2. The molecule has 0 fully saturated rings. The summed E-state index contributed by atoms with van der Waals surface area (Å²) in [5.41, 5.74) is 2.06. The summed E-state index contributed by atoms with van der Waals surface area (Å²) in [6.45, 7) is 0.199. The van der Waals surface area contributed by atoms with Crippen LogP contribution in [-0.4, -0.2) is 16.1 Å². The molecule has 1 aromatic carbocycles. The number of benzene rings is 1. The van der Waals surface area contributed by atoms with Crippen molar-refractivity contribution in [1.29, 1.82) is 0 Å². The zero-order valence-electron chi connectivity index (χ0n) is 11.5. The highest BCUT2D eigenvalue weighted by atomic mass is 35.5. The number of amides is 1. The largest absolute Gasteiger partial charge is 0.444 e. The molecule has 3 rings (SSSR count). The van der Waals surface area contributed by atoms with Gasteiger partial charge in [-0.05, 0) is 17.7 Å². The molecular weight excluding hydrogens is 302 g/mol. The van der Waals surface area contributed by atoms with E-state index in [0.717, 1.165) is 10.9 Å². The first kappa shape index (κ1) is 14.3. The molecule has 0 aliphatic rings. The van der Waals surface area contributed by atoms with Crippen molar-refractivity contribution in [3.05, 3.63) is 65.6 Å². The van der Waals surface area contributed by atoms with E-state index in [1.807, 2.05) is 30.3 Å². The molecule has 3 aromatic rings. The van der Waals surface area contributed by atoms with Crippen LogP contribution in [0, 0.1) is 0 Å². The molecule has 6 heteroatoms. The number of hydrogen-bond acceptors (Lipinski definition) is 4. The maximum atomic E-state index is 11.9. The van der Waals surface area contributed by atoms with Crippen molar-refractivity contribution in [2.45, 2.75) is 6.61 Å². The van der Waals surface area contributed by atoms with Gasteiger partial charge in [-0.15, -0.1) is 0 Å². The van der Waals surface area contributed by atoms with E-state index in [1.54, 1.807) is 24.5 Å². The number of rotatable bonds is 3. The first-order chi connectivity index (χ1) is 10.7. The summed E-state index contributed by atoms with van der Waals surface area (Å²) in [4.78, 5) is 20.1. The van der Waals surface area contributed by atoms with Crippen molar-refractivity contribution in [3.63, 3.8) is 0 Å². The zero-order valence-corrected chi connectivity index (χ0v) is 12.2. The van der Waals surface area contributed by atoms with Crippen molar-refractivity contribution < 1.29 is 9.53 Å². The second-order valence-corrected chi connectivity index (χ2v) is 4.96. The van der Waals surface area contributed by atoms with Crippen molar-refractivity contribution in [1.82, 2.24) is 9.97 Å². The Labute approximate surface area is 131 Å². The van der Waals surface area contributed by atoms with E-state index in [-0.39, 0.29) is 11.8 Å². The number of pyridine rings is 2. The van der Waals surface area contributed by atoms with Gasteiger partial charge >= 0.3 is 6.09 Å². The van der Waals surface area contributed by atoms with Gasteiger partial charge in [0.15, 0.2) is 0 Å². The molecular formula is C16H12ClN3O2. The number of halogens is 1. The summed E-state index contributed by atoms with van der Waals surface area (Å²) in [5, 5.41) is 3.71. The Kier molecular flexibility index (Phi) is 4.16. The zero-order chi connectivity index (χ0) is 15.4. The van der Waals surface area contributed by atoms with Crippen LogP contribution in [0.2, 0.25) is 5.15 Å². The van der Waals surface area contributed by atoms with Crippen LogP contribution in [-0.2, 0) is 11.3 Å². The van der Waals surface area contributed by atoms with E-state index < -0.39 is 6.09 Å². The molecule has 0 bridgehead atoms. The SMILES string of the molecule is O=C(Nc1cc(Cl)nc2cnccc12)OCc1ccccc1. The summed E-state index contributed by atoms with van der Waals surface area (Å²) in [6.07, 6.45) is 2.66. The minimum absolute atomic E-state index is 0.199. The molecule has 2 aromatic heterocycles. The van der Waals surface area contributed by atoms with E-state index in [9.17, 15) is 4.79 Å². The molecule has 0 saturated heterocycles. The minimum atomic E-state index is -0.552. The van der Waals surface area contributed by atoms with Crippen LogP contribution in [0.4, 0.5) is 10.5 Å². The lowest BCUT2D eigenvalue weighted by molar-refractivity contribution is 0.155. The van der Waals surface area contributed by atoms with Crippen LogP contribution < -0.4 is 5.32 Å². The van der Waals surface area contributed by atoms with Gasteiger partial charge in [-0.1, -0.05) is 41.9 Å². The Bertz CT molecular complexity index is 809. The monoisotopic (exact) mass is 313 g/mol. The van der Waals surface area contributed by atoms with E-state index in [0.29, 0.717) is 11.2 Å². The molecule has 0 aliphatic heterocycles. The topological polar surface area (TPSA) is 64.1 Å². The fourth-order valence-electron chi connectivity index (χ4n) is 2.02. The molecule has 22 heavy (non-hydrogen) atoms. The van der Waals surface area contributed by atoms with Crippen LogP contribution in [0.25, 0.3) is 10.9 Å². The number of carbonyl (C=O) groups excluding carboxylic acids is 1. The predicted octanol–water partition coefficient (Wildman–Crippen LogP) is 4.03. The summed E-state index contributed by atoms with van der Waals surface area (Å²) in [7, 11) is 0. The number of carbonyl (C=O) groups is 1. The fraction of sp³-hybridized carbons (Fsp3) is 0.0625. The third-order valence-electron chi connectivity index (χ3n) is 3.03. The third-order valence-corrected chi connectivity index (χ3v) is 3.22. The van der Waals surface area contributed by atoms with Gasteiger partial charge in [0.1, 0.15) is 11.8 Å². The minimum Gasteiger partial charge on any atom is -0.444 e. The first-order valence-electron chi connectivity index (χ1n) is 6.60. The average molecular weight is 314 g/mol. The Morgan fingerprint density at radius 2 is 2.05 bits per heavy atom. The highest BCUT2D eigenvalue weighted by Crippen LogP contribution is 2.24. The molecule has 0 spiro atoms. The number of aromatic nitrogens is 2. The Hall–Kier alpha value is -2.66. The van der Waals surface area contributed by atoms with Crippen LogP contribution >= 0.6 is 11.6 Å². The number of nitrogens with one attached hydrogen (secondary N) is 1. The van der Waals surface area contributed by atoms with Crippen LogP contribution in [0.3, 0.4) is 0 Å². The number of ether oxygens (including phenoxy) is 1. The maximum absolute atomic E-state index is 11.9. The lowest BCUT2D eigenvalue weighted by Gasteiger charge is -2.09. The Balaban J connectivity index is 1.74. The highest BCUT2D eigenvalue weighted by molar-refractivity contribution is 6.30. The molecule has 0 unspecified atom stereocenters. The van der Waals surface area contributed by atoms with Gasteiger partial charge in [-0.25, -0.2) is 9.78 Å². The molecule has 0 saturated carbocycles. The lowest BCUT2D eigenvalue weighted by Crippen LogP contribution is -2.14. The number of anilines is 1. The van der Waals surface area contributed by atoms with Crippen molar-refractivity contribution in [2.75, 3.05) is 5.32 Å². The Morgan fingerprint density at radius 1 is 1.23 bits per heavy atom. The summed E-state index contributed by atoms with van der Waals surface area (Å²) >= 11 is 5.95. The molecule has 5 nitrogen and oxygen atoms in total. The lowest BCUT2D eigenvalue weighted by atomic mass is 10.2. The molecule has 110 valence electrons. The van der Waals surface area contributed by atoms with Gasteiger partial charge in [0, 0.05) is 11.6 Å². The van der Waals surface area contributed by atoms with Gasteiger partial charge in [0.2, 0.25) is 0 Å². The number of fused-ring (bicyclic) bond motifs is 1. The molecule has 0 aliphatic carbocycles.